The predicted octanol–water partition coefficient (Wildman–Crippen LogP) is 4.61. The topological polar surface area (TPSA) is 15.3 Å². The standard InChI is InChI=1S/C18H27ClN2/c1-13(2)10-11-21(15-8-9-15)18-5-3-4-17(19)16(18)12-20-14-6-7-14/h3-5,13-15,20H,6-12H2,1-2H3. The van der Waals surface area contributed by atoms with E-state index in [-0.39, 0.29) is 0 Å². The van der Waals surface area contributed by atoms with Crippen LogP contribution in [0.2, 0.25) is 5.02 Å². The lowest BCUT2D eigenvalue weighted by molar-refractivity contribution is 0.569. The summed E-state index contributed by atoms with van der Waals surface area (Å²) in [5, 5.41) is 4.53. The maximum absolute atomic E-state index is 6.50. The molecule has 0 bridgehead atoms. The molecule has 0 amide bonds. The second-order valence-corrected chi connectivity index (χ2v) is 7.41. The van der Waals surface area contributed by atoms with Crippen LogP contribution < -0.4 is 10.2 Å². The first-order chi connectivity index (χ1) is 10.1. The van der Waals surface area contributed by atoms with Crippen molar-refractivity contribution in [1.82, 2.24) is 5.32 Å². The third kappa shape index (κ3) is 4.14. The summed E-state index contributed by atoms with van der Waals surface area (Å²) in [5.41, 5.74) is 2.65. The quantitative estimate of drug-likeness (QED) is 0.754. The molecule has 3 rings (SSSR count). The molecule has 0 radical (unpaired) electrons. The highest BCUT2D eigenvalue weighted by Gasteiger charge is 2.31. The first-order valence-corrected chi connectivity index (χ1v) is 8.80. The Hall–Kier alpha value is -0.730. The summed E-state index contributed by atoms with van der Waals surface area (Å²) in [6.45, 7) is 6.67. The first kappa shape index (κ1) is 15.2. The van der Waals surface area contributed by atoms with Crippen molar-refractivity contribution in [2.75, 3.05) is 11.4 Å². The van der Waals surface area contributed by atoms with E-state index in [9.17, 15) is 0 Å². The van der Waals surface area contributed by atoms with Gasteiger partial charge in [0.2, 0.25) is 0 Å². The molecule has 0 saturated heterocycles. The van der Waals surface area contributed by atoms with Crippen LogP contribution in [-0.2, 0) is 6.54 Å². The monoisotopic (exact) mass is 306 g/mol. The Kier molecular flexibility index (Phi) is 4.75. The SMILES string of the molecule is CC(C)CCN(c1cccc(Cl)c1CNC1CC1)C1CC1. The molecule has 2 aliphatic rings. The van der Waals surface area contributed by atoms with Gasteiger partial charge >= 0.3 is 0 Å². The third-order valence-corrected chi connectivity index (χ3v) is 4.84. The fraction of sp³-hybridized carbons (Fsp3) is 0.667. The average molecular weight is 307 g/mol. The summed E-state index contributed by atoms with van der Waals surface area (Å²) >= 11 is 6.50. The average Bonchev–Trinajstić information content (AvgIpc) is 3.32. The van der Waals surface area contributed by atoms with E-state index in [2.05, 4.69) is 36.2 Å². The van der Waals surface area contributed by atoms with E-state index in [1.165, 1.54) is 43.4 Å². The lowest BCUT2D eigenvalue weighted by atomic mass is 10.1. The summed E-state index contributed by atoms with van der Waals surface area (Å²) in [4.78, 5) is 2.61. The Morgan fingerprint density at radius 3 is 2.62 bits per heavy atom. The molecule has 0 heterocycles. The maximum Gasteiger partial charge on any atom is 0.0471 e. The molecule has 2 fully saturated rings. The number of hydrogen-bond donors (Lipinski definition) is 1. The number of nitrogens with one attached hydrogen (secondary N) is 1. The number of anilines is 1. The normalized spacial score (nSPS) is 18.3. The molecular weight excluding hydrogens is 280 g/mol. The van der Waals surface area contributed by atoms with Gasteiger partial charge in [0.05, 0.1) is 0 Å². The van der Waals surface area contributed by atoms with Gasteiger partial charge in [-0.25, -0.2) is 0 Å². The molecule has 1 aromatic carbocycles. The van der Waals surface area contributed by atoms with Gasteiger partial charge in [0.15, 0.2) is 0 Å². The Labute approximate surface area is 133 Å². The van der Waals surface area contributed by atoms with Crippen molar-refractivity contribution in [2.24, 2.45) is 5.92 Å². The van der Waals surface area contributed by atoms with Crippen LogP contribution in [0.5, 0.6) is 0 Å². The van der Waals surface area contributed by atoms with Crippen LogP contribution >= 0.6 is 11.6 Å². The van der Waals surface area contributed by atoms with Crippen LogP contribution in [0.1, 0.15) is 51.5 Å². The second kappa shape index (κ2) is 6.58. The van der Waals surface area contributed by atoms with Gasteiger partial charge in [-0.1, -0.05) is 31.5 Å². The van der Waals surface area contributed by atoms with Crippen molar-refractivity contribution in [3.63, 3.8) is 0 Å². The second-order valence-electron chi connectivity index (χ2n) is 7.00. The van der Waals surface area contributed by atoms with E-state index in [0.29, 0.717) is 0 Å². The van der Waals surface area contributed by atoms with Crippen molar-refractivity contribution < 1.29 is 0 Å². The van der Waals surface area contributed by atoms with Gasteiger partial charge in [0, 0.05) is 41.4 Å². The van der Waals surface area contributed by atoms with E-state index < -0.39 is 0 Å². The van der Waals surface area contributed by atoms with E-state index in [1.54, 1.807) is 0 Å². The molecular formula is C18H27ClN2. The molecule has 0 unspecified atom stereocenters. The van der Waals surface area contributed by atoms with Crippen LogP contribution in [-0.4, -0.2) is 18.6 Å². The van der Waals surface area contributed by atoms with Gasteiger partial charge in [-0.05, 0) is 50.2 Å². The molecule has 1 aromatic rings. The van der Waals surface area contributed by atoms with Crippen LogP contribution in [0.25, 0.3) is 0 Å². The van der Waals surface area contributed by atoms with Gasteiger partial charge in [-0.15, -0.1) is 0 Å². The van der Waals surface area contributed by atoms with Gasteiger partial charge in [0.1, 0.15) is 0 Å². The highest BCUT2D eigenvalue weighted by Crippen LogP contribution is 2.36. The lowest BCUT2D eigenvalue weighted by Crippen LogP contribution is -2.29. The van der Waals surface area contributed by atoms with Gasteiger partial charge < -0.3 is 10.2 Å². The van der Waals surface area contributed by atoms with Crippen LogP contribution in [0.3, 0.4) is 0 Å². The third-order valence-electron chi connectivity index (χ3n) is 4.48. The van der Waals surface area contributed by atoms with Crippen molar-refractivity contribution in [3.8, 4) is 0 Å². The van der Waals surface area contributed by atoms with Crippen LogP contribution in [0.4, 0.5) is 5.69 Å². The molecule has 0 spiro atoms. The van der Waals surface area contributed by atoms with E-state index >= 15 is 0 Å². The number of rotatable bonds is 8. The minimum Gasteiger partial charge on any atom is -0.368 e. The molecule has 2 saturated carbocycles. The summed E-state index contributed by atoms with van der Waals surface area (Å²) < 4.78 is 0. The highest BCUT2D eigenvalue weighted by molar-refractivity contribution is 6.31. The predicted molar refractivity (Wildman–Crippen MR) is 91.1 cm³/mol. The summed E-state index contributed by atoms with van der Waals surface area (Å²) in [6, 6.07) is 7.85. The highest BCUT2D eigenvalue weighted by atomic mass is 35.5. The lowest BCUT2D eigenvalue weighted by Gasteiger charge is -2.28. The number of halogens is 1. The zero-order valence-corrected chi connectivity index (χ0v) is 14.0. The molecule has 0 aliphatic heterocycles. The Bertz CT molecular complexity index is 478. The van der Waals surface area contributed by atoms with Crippen LogP contribution in [0.15, 0.2) is 18.2 Å². The Balaban J connectivity index is 1.77. The molecule has 3 heteroatoms. The summed E-state index contributed by atoms with van der Waals surface area (Å²) in [6.07, 6.45) is 6.55. The molecule has 116 valence electrons. The Morgan fingerprint density at radius 1 is 1.24 bits per heavy atom. The number of hydrogen-bond acceptors (Lipinski definition) is 2. The molecule has 2 nitrogen and oxygen atoms in total. The number of benzene rings is 1. The van der Waals surface area contributed by atoms with Crippen LogP contribution in [0, 0.1) is 5.92 Å². The zero-order valence-electron chi connectivity index (χ0n) is 13.2. The number of nitrogens with zero attached hydrogens (tertiary/aromatic N) is 1. The zero-order chi connectivity index (χ0) is 14.8. The first-order valence-electron chi connectivity index (χ1n) is 8.42. The van der Waals surface area contributed by atoms with Gasteiger partial charge in [-0.2, -0.15) is 0 Å². The summed E-state index contributed by atoms with van der Waals surface area (Å²) in [7, 11) is 0. The van der Waals surface area contributed by atoms with Gasteiger partial charge in [-0.3, -0.25) is 0 Å². The largest absolute Gasteiger partial charge is 0.368 e. The van der Waals surface area contributed by atoms with E-state index in [4.69, 9.17) is 11.6 Å². The van der Waals surface area contributed by atoms with Crippen molar-refractivity contribution >= 4 is 17.3 Å². The minimum atomic E-state index is 0.721. The van der Waals surface area contributed by atoms with E-state index in [1.807, 2.05) is 6.07 Å². The minimum absolute atomic E-state index is 0.721. The molecule has 0 atom stereocenters. The molecule has 1 N–H and O–H groups in total. The Morgan fingerprint density at radius 2 is 2.00 bits per heavy atom. The van der Waals surface area contributed by atoms with Crippen molar-refractivity contribution in [3.05, 3.63) is 28.8 Å². The smallest absolute Gasteiger partial charge is 0.0471 e. The molecule has 21 heavy (non-hydrogen) atoms. The van der Waals surface area contributed by atoms with Crippen molar-refractivity contribution in [2.45, 2.75) is 64.6 Å². The maximum atomic E-state index is 6.50. The molecule has 0 aromatic heterocycles. The van der Waals surface area contributed by atoms with Gasteiger partial charge in [0.25, 0.3) is 0 Å². The summed E-state index contributed by atoms with van der Waals surface area (Å²) in [5.74, 6) is 0.749. The fourth-order valence-corrected chi connectivity index (χ4v) is 3.04. The van der Waals surface area contributed by atoms with E-state index in [0.717, 1.165) is 36.1 Å². The van der Waals surface area contributed by atoms with Crippen molar-refractivity contribution in [1.29, 1.82) is 0 Å². The molecule has 2 aliphatic carbocycles. The fourth-order valence-electron chi connectivity index (χ4n) is 2.81.